The van der Waals surface area contributed by atoms with Gasteiger partial charge in [0.1, 0.15) is 13.2 Å². The Bertz CT molecular complexity index is 1710. The van der Waals surface area contributed by atoms with E-state index in [1.54, 1.807) is 0 Å². The topological polar surface area (TPSA) is 78.9 Å². The van der Waals surface area contributed by atoms with Crippen molar-refractivity contribution in [3.8, 4) is 0 Å². The van der Waals surface area contributed by atoms with E-state index in [1.165, 1.54) is 96.3 Å². The van der Waals surface area contributed by atoms with E-state index in [1.807, 2.05) is 0 Å². The zero-order valence-corrected chi connectivity index (χ0v) is 50.4. The molecule has 0 aliphatic rings. The largest absolute Gasteiger partial charge is 0.462 e. The van der Waals surface area contributed by atoms with Crippen LogP contribution < -0.4 is 0 Å². The van der Waals surface area contributed by atoms with E-state index in [-0.39, 0.29) is 37.5 Å². The van der Waals surface area contributed by atoms with Crippen LogP contribution >= 0.6 is 0 Å². The summed E-state index contributed by atoms with van der Waals surface area (Å²) in [6.45, 7) is 6.35. The quantitative estimate of drug-likeness (QED) is 0.0261. The Hall–Kier alpha value is -4.71. The third-order valence-electron chi connectivity index (χ3n) is 13.1. The Morgan fingerprint density at radius 3 is 0.833 bits per heavy atom. The van der Waals surface area contributed by atoms with Crippen molar-refractivity contribution in [2.45, 2.75) is 277 Å². The number of ether oxygens (including phenoxy) is 3. The number of hydrogen-bond donors (Lipinski definition) is 0. The maximum absolute atomic E-state index is 12.9. The first-order chi connectivity index (χ1) is 38.5. The van der Waals surface area contributed by atoms with Crippen molar-refractivity contribution in [2.24, 2.45) is 0 Å². The second-order valence-corrected chi connectivity index (χ2v) is 20.6. The van der Waals surface area contributed by atoms with Crippen LogP contribution in [0.5, 0.6) is 0 Å². The maximum atomic E-state index is 12.9. The highest BCUT2D eigenvalue weighted by Gasteiger charge is 2.19. The third kappa shape index (κ3) is 62.1. The van der Waals surface area contributed by atoms with Crippen LogP contribution in [-0.2, 0) is 28.6 Å². The van der Waals surface area contributed by atoms with Crippen LogP contribution in [0.4, 0.5) is 0 Å². The fourth-order valence-corrected chi connectivity index (χ4v) is 8.40. The molecule has 0 radical (unpaired) electrons. The van der Waals surface area contributed by atoms with Crippen molar-refractivity contribution in [1.29, 1.82) is 0 Å². The summed E-state index contributed by atoms with van der Waals surface area (Å²) in [6.07, 6.45) is 92.9. The summed E-state index contributed by atoms with van der Waals surface area (Å²) in [5.41, 5.74) is 0. The first kappa shape index (κ1) is 73.3. The Morgan fingerprint density at radius 2 is 0.513 bits per heavy atom. The lowest BCUT2D eigenvalue weighted by Crippen LogP contribution is -2.30. The van der Waals surface area contributed by atoms with Crippen LogP contribution in [0.1, 0.15) is 271 Å². The number of carbonyl (C=O) groups excluding carboxylic acids is 3. The van der Waals surface area contributed by atoms with Gasteiger partial charge >= 0.3 is 17.9 Å². The molecule has 0 aliphatic carbocycles. The molecule has 0 bridgehead atoms. The third-order valence-corrected chi connectivity index (χ3v) is 13.1. The van der Waals surface area contributed by atoms with E-state index in [4.69, 9.17) is 14.2 Å². The van der Waals surface area contributed by atoms with Gasteiger partial charge in [0.05, 0.1) is 0 Å². The van der Waals surface area contributed by atoms with Crippen molar-refractivity contribution in [1.82, 2.24) is 0 Å². The number of unbranched alkanes of at least 4 members (excludes halogenated alkanes) is 21. The van der Waals surface area contributed by atoms with Crippen LogP contribution in [0.2, 0.25) is 0 Å². The van der Waals surface area contributed by atoms with Gasteiger partial charge in [0.2, 0.25) is 0 Å². The molecule has 0 saturated heterocycles. The first-order valence-electron chi connectivity index (χ1n) is 31.8. The molecule has 0 amide bonds. The Kier molecular flexibility index (Phi) is 60.9. The second kappa shape index (κ2) is 64.8. The lowest BCUT2D eigenvalue weighted by Gasteiger charge is -2.18. The van der Waals surface area contributed by atoms with Gasteiger partial charge in [-0.05, 0) is 116 Å². The van der Waals surface area contributed by atoms with Gasteiger partial charge in [-0.3, -0.25) is 14.4 Å². The van der Waals surface area contributed by atoms with E-state index in [9.17, 15) is 14.4 Å². The lowest BCUT2D eigenvalue weighted by atomic mass is 10.0. The van der Waals surface area contributed by atoms with Crippen LogP contribution in [0.15, 0.2) is 146 Å². The monoisotopic (exact) mass is 1080 g/mol. The molecule has 0 aliphatic heterocycles. The molecule has 0 aromatic heterocycles. The van der Waals surface area contributed by atoms with Gasteiger partial charge in [-0.25, -0.2) is 0 Å². The second-order valence-electron chi connectivity index (χ2n) is 20.6. The Morgan fingerprint density at radius 1 is 0.269 bits per heavy atom. The van der Waals surface area contributed by atoms with Crippen molar-refractivity contribution in [3.05, 3.63) is 146 Å². The first-order valence-corrected chi connectivity index (χ1v) is 31.8. The molecule has 440 valence electrons. The lowest BCUT2D eigenvalue weighted by molar-refractivity contribution is -0.167. The minimum Gasteiger partial charge on any atom is -0.462 e. The maximum Gasteiger partial charge on any atom is 0.306 e. The summed E-state index contributed by atoms with van der Waals surface area (Å²) < 4.78 is 16.8. The molecule has 0 aromatic carbocycles. The number of esters is 3. The highest BCUT2D eigenvalue weighted by Crippen LogP contribution is 2.16. The zero-order chi connectivity index (χ0) is 56.4. The number of carbonyl (C=O) groups is 3. The summed E-state index contributed by atoms with van der Waals surface area (Å²) in [7, 11) is 0. The van der Waals surface area contributed by atoms with E-state index in [0.29, 0.717) is 19.3 Å². The highest BCUT2D eigenvalue weighted by molar-refractivity contribution is 5.71. The molecule has 0 aromatic rings. The fourth-order valence-electron chi connectivity index (χ4n) is 8.40. The van der Waals surface area contributed by atoms with E-state index >= 15 is 0 Å². The van der Waals surface area contributed by atoms with Gasteiger partial charge < -0.3 is 14.2 Å². The summed E-state index contributed by atoms with van der Waals surface area (Å²) >= 11 is 0. The average Bonchev–Trinajstić information content (AvgIpc) is 3.44. The molecule has 0 fully saturated rings. The van der Waals surface area contributed by atoms with Gasteiger partial charge in [-0.15, -0.1) is 0 Å². The Labute approximate surface area is 480 Å². The van der Waals surface area contributed by atoms with Gasteiger partial charge in [0.15, 0.2) is 6.10 Å². The van der Waals surface area contributed by atoms with E-state index < -0.39 is 6.10 Å². The summed E-state index contributed by atoms with van der Waals surface area (Å²) in [4.78, 5) is 38.2. The minimum atomic E-state index is -0.819. The van der Waals surface area contributed by atoms with E-state index in [0.717, 1.165) is 128 Å². The van der Waals surface area contributed by atoms with Crippen LogP contribution in [0.25, 0.3) is 0 Å². The van der Waals surface area contributed by atoms with Crippen molar-refractivity contribution >= 4 is 17.9 Å². The van der Waals surface area contributed by atoms with Crippen LogP contribution in [-0.4, -0.2) is 37.2 Å². The SMILES string of the molecule is CC/C=C\C/C=C\C/C=C\C/C=C\C/C=C\C/C=C\C/C=C\C/C=C\C/C=C\CCCC(=O)OCC(COC(=O)CCCCC/C=C\C/C=C\C/C=C\CC)OC(=O)CCCCCCCCCCCCCCCCCCCC. The number of rotatable bonds is 56. The van der Waals surface area contributed by atoms with Crippen molar-refractivity contribution < 1.29 is 28.6 Å². The number of allylic oxidation sites excluding steroid dienone is 24. The molecule has 1 atom stereocenters. The molecule has 1 unspecified atom stereocenters. The average molecular weight is 1080 g/mol. The summed E-state index contributed by atoms with van der Waals surface area (Å²) in [5.74, 6) is -1.00. The fraction of sp³-hybridized carbons (Fsp3) is 0.625. The molecule has 0 saturated carbocycles. The molecule has 0 heterocycles. The van der Waals surface area contributed by atoms with Gasteiger partial charge in [-0.1, -0.05) is 282 Å². The molecular weight excluding hydrogens is 961 g/mol. The molecule has 6 nitrogen and oxygen atoms in total. The highest BCUT2D eigenvalue weighted by atomic mass is 16.6. The van der Waals surface area contributed by atoms with E-state index in [2.05, 4.69) is 167 Å². The molecule has 6 heteroatoms. The zero-order valence-electron chi connectivity index (χ0n) is 50.4. The van der Waals surface area contributed by atoms with Gasteiger partial charge in [0, 0.05) is 19.3 Å². The predicted octanol–water partition coefficient (Wildman–Crippen LogP) is 21.9. The van der Waals surface area contributed by atoms with Crippen molar-refractivity contribution in [3.63, 3.8) is 0 Å². The van der Waals surface area contributed by atoms with Crippen molar-refractivity contribution in [2.75, 3.05) is 13.2 Å². The smallest absolute Gasteiger partial charge is 0.306 e. The summed E-state index contributed by atoms with van der Waals surface area (Å²) in [6, 6.07) is 0. The standard InChI is InChI=1S/C72H116O6/c1-4-7-10-13-16-19-22-25-27-29-31-32-33-34-35-36-37-38-39-40-41-43-44-47-50-53-56-59-62-65-71(74)77-68-69(67-76-70(73)64-61-58-55-52-49-46-24-21-18-15-12-9-6-3)78-72(75)66-63-60-57-54-51-48-45-42-30-28-26-23-20-17-14-11-8-5-2/h7,9-10,12,16,18-19,21,25,27,31-32,34-35,37-38,40-41,44,46-47,49,53,56,69H,4-6,8,11,13-15,17,20,22-24,26,28-30,33,36,39,42-43,45,48,50-52,54-55,57-68H2,1-3H3/b10-7-,12-9-,19-16-,21-18-,27-25-,32-31-,35-34-,38-37-,41-40-,47-44-,49-46-,56-53-. The van der Waals surface area contributed by atoms with Crippen LogP contribution in [0.3, 0.4) is 0 Å². The molecule has 78 heavy (non-hydrogen) atoms. The van der Waals surface area contributed by atoms with Crippen LogP contribution in [0, 0.1) is 0 Å². The Balaban J connectivity index is 4.45. The van der Waals surface area contributed by atoms with Gasteiger partial charge in [0.25, 0.3) is 0 Å². The predicted molar refractivity (Wildman–Crippen MR) is 339 cm³/mol. The van der Waals surface area contributed by atoms with Gasteiger partial charge in [-0.2, -0.15) is 0 Å². The minimum absolute atomic E-state index is 0.114. The number of hydrogen-bond acceptors (Lipinski definition) is 6. The molecule has 0 spiro atoms. The molecule has 0 N–H and O–H groups in total. The molecular formula is C72H116O6. The molecule has 0 rings (SSSR count). The summed E-state index contributed by atoms with van der Waals surface area (Å²) in [5, 5.41) is 0. The normalized spacial score (nSPS) is 13.1.